The largest absolute Gasteiger partial charge is 0.341 e. The molecular formula is C25H34ClN3O2. The van der Waals surface area contributed by atoms with Crippen LogP contribution in [0.3, 0.4) is 0 Å². The summed E-state index contributed by atoms with van der Waals surface area (Å²) >= 11 is 6.05. The maximum atomic E-state index is 13.2. The maximum absolute atomic E-state index is 13.2. The molecule has 0 fully saturated rings. The van der Waals surface area contributed by atoms with E-state index in [2.05, 4.69) is 19.2 Å². The minimum atomic E-state index is -0.358. The molecule has 0 heterocycles. The van der Waals surface area contributed by atoms with Crippen LogP contribution in [0.15, 0.2) is 54.6 Å². The van der Waals surface area contributed by atoms with Crippen LogP contribution in [0.4, 0.5) is 16.2 Å². The second kappa shape index (κ2) is 13.7. The highest BCUT2D eigenvalue weighted by atomic mass is 35.5. The zero-order valence-electron chi connectivity index (χ0n) is 18.6. The molecule has 0 saturated heterocycles. The highest BCUT2D eigenvalue weighted by molar-refractivity contribution is 6.30. The summed E-state index contributed by atoms with van der Waals surface area (Å²) < 4.78 is 0. The summed E-state index contributed by atoms with van der Waals surface area (Å²) in [5.41, 5.74) is 1.27. The van der Waals surface area contributed by atoms with Gasteiger partial charge in [-0.25, -0.2) is 4.79 Å². The topological polar surface area (TPSA) is 52.7 Å². The Labute approximate surface area is 191 Å². The Morgan fingerprint density at radius 3 is 2.10 bits per heavy atom. The predicted molar refractivity (Wildman–Crippen MR) is 130 cm³/mol. The molecule has 31 heavy (non-hydrogen) atoms. The minimum Gasteiger partial charge on any atom is -0.341 e. The molecule has 3 amide bonds. The van der Waals surface area contributed by atoms with Crippen LogP contribution in [0.5, 0.6) is 0 Å². The van der Waals surface area contributed by atoms with Crippen LogP contribution in [-0.2, 0) is 4.79 Å². The van der Waals surface area contributed by atoms with E-state index in [9.17, 15) is 9.59 Å². The van der Waals surface area contributed by atoms with E-state index in [1.165, 1.54) is 4.90 Å². The summed E-state index contributed by atoms with van der Waals surface area (Å²) in [4.78, 5) is 29.7. The molecule has 2 rings (SSSR count). The smallest absolute Gasteiger partial charge is 0.326 e. The lowest BCUT2D eigenvalue weighted by atomic mass is 10.2. The molecule has 6 heteroatoms. The molecule has 0 radical (unpaired) electrons. The first-order valence-corrected chi connectivity index (χ1v) is 11.6. The molecule has 0 saturated carbocycles. The fourth-order valence-electron chi connectivity index (χ4n) is 3.35. The van der Waals surface area contributed by atoms with Gasteiger partial charge in [0.15, 0.2) is 0 Å². The second-order valence-electron chi connectivity index (χ2n) is 7.66. The fraction of sp³-hybridized carbons (Fsp3) is 0.440. The number of hydrogen-bond acceptors (Lipinski definition) is 2. The lowest BCUT2D eigenvalue weighted by Crippen LogP contribution is -2.45. The van der Waals surface area contributed by atoms with Crippen molar-refractivity contribution in [2.45, 2.75) is 52.4 Å². The van der Waals surface area contributed by atoms with Crippen molar-refractivity contribution in [1.29, 1.82) is 0 Å². The minimum absolute atomic E-state index is 0.00530. The van der Waals surface area contributed by atoms with Gasteiger partial charge in [0, 0.05) is 29.5 Å². The summed E-state index contributed by atoms with van der Waals surface area (Å²) in [7, 11) is 0. The lowest BCUT2D eigenvalue weighted by Gasteiger charge is -2.28. The Kier molecular flexibility index (Phi) is 10.9. The van der Waals surface area contributed by atoms with Gasteiger partial charge in [-0.05, 0) is 43.2 Å². The van der Waals surface area contributed by atoms with Crippen molar-refractivity contribution < 1.29 is 9.59 Å². The Morgan fingerprint density at radius 1 is 0.871 bits per heavy atom. The van der Waals surface area contributed by atoms with Gasteiger partial charge in [0.2, 0.25) is 5.91 Å². The van der Waals surface area contributed by atoms with E-state index < -0.39 is 0 Å². The average Bonchev–Trinajstić information content (AvgIpc) is 2.77. The van der Waals surface area contributed by atoms with E-state index in [-0.39, 0.29) is 18.5 Å². The molecule has 0 aliphatic heterocycles. The number of amides is 3. The van der Waals surface area contributed by atoms with Gasteiger partial charge in [-0.1, -0.05) is 75.4 Å². The zero-order valence-corrected chi connectivity index (χ0v) is 19.4. The average molecular weight is 444 g/mol. The van der Waals surface area contributed by atoms with E-state index in [1.54, 1.807) is 24.3 Å². The third kappa shape index (κ3) is 8.62. The standard InChI is InChI=1S/C25H34ClN3O2/c1-3-5-10-17-28(18-11-6-4-2)24(30)20-29(23-15-8-7-9-16-23)25(31)27-22-14-12-13-21(26)19-22/h7-9,12-16,19H,3-6,10-11,17-18,20H2,1-2H3,(H,27,31). The van der Waals surface area contributed by atoms with Crippen molar-refractivity contribution in [1.82, 2.24) is 4.90 Å². The van der Waals surface area contributed by atoms with Gasteiger partial charge < -0.3 is 10.2 Å². The third-order valence-corrected chi connectivity index (χ3v) is 5.33. The molecule has 0 aliphatic rings. The summed E-state index contributed by atoms with van der Waals surface area (Å²) in [6.45, 7) is 5.76. The lowest BCUT2D eigenvalue weighted by molar-refractivity contribution is -0.129. The summed E-state index contributed by atoms with van der Waals surface area (Å²) in [5.74, 6) is -0.0303. The summed E-state index contributed by atoms with van der Waals surface area (Å²) in [6, 6.07) is 15.9. The molecule has 2 aromatic rings. The summed E-state index contributed by atoms with van der Waals surface area (Å²) in [5, 5.41) is 3.40. The van der Waals surface area contributed by atoms with Crippen molar-refractivity contribution in [3.63, 3.8) is 0 Å². The molecule has 0 aromatic heterocycles. The molecule has 0 aliphatic carbocycles. The SMILES string of the molecule is CCCCCN(CCCCC)C(=O)CN(C(=O)Nc1cccc(Cl)c1)c1ccccc1. The van der Waals surface area contributed by atoms with Crippen LogP contribution in [0.1, 0.15) is 52.4 Å². The van der Waals surface area contributed by atoms with Gasteiger partial charge in [-0.2, -0.15) is 0 Å². The zero-order chi connectivity index (χ0) is 22.5. The third-order valence-electron chi connectivity index (χ3n) is 5.10. The number of nitrogens with one attached hydrogen (secondary N) is 1. The number of para-hydroxylation sites is 1. The van der Waals surface area contributed by atoms with E-state index in [0.717, 1.165) is 51.6 Å². The number of benzene rings is 2. The molecule has 0 bridgehead atoms. The van der Waals surface area contributed by atoms with Crippen LogP contribution in [0.2, 0.25) is 5.02 Å². The van der Waals surface area contributed by atoms with Crippen LogP contribution >= 0.6 is 11.6 Å². The van der Waals surface area contributed by atoms with Crippen molar-refractivity contribution in [3.05, 3.63) is 59.6 Å². The number of anilines is 2. The Hall–Kier alpha value is -2.53. The van der Waals surface area contributed by atoms with E-state index in [4.69, 9.17) is 11.6 Å². The van der Waals surface area contributed by atoms with Crippen molar-refractivity contribution >= 4 is 34.9 Å². The first-order valence-electron chi connectivity index (χ1n) is 11.2. The Bertz CT molecular complexity index is 803. The molecular weight excluding hydrogens is 410 g/mol. The van der Waals surface area contributed by atoms with Gasteiger partial charge >= 0.3 is 6.03 Å². The monoisotopic (exact) mass is 443 g/mol. The number of hydrogen-bond donors (Lipinski definition) is 1. The van der Waals surface area contributed by atoms with Crippen LogP contribution in [0, 0.1) is 0 Å². The highest BCUT2D eigenvalue weighted by Crippen LogP contribution is 2.19. The Balaban J connectivity index is 2.16. The van der Waals surface area contributed by atoms with E-state index >= 15 is 0 Å². The highest BCUT2D eigenvalue weighted by Gasteiger charge is 2.22. The first kappa shape index (κ1) is 24.7. The second-order valence-corrected chi connectivity index (χ2v) is 8.09. The molecule has 0 spiro atoms. The van der Waals surface area contributed by atoms with Gasteiger partial charge in [0.1, 0.15) is 6.54 Å². The fourth-order valence-corrected chi connectivity index (χ4v) is 3.54. The van der Waals surface area contributed by atoms with Crippen LogP contribution in [-0.4, -0.2) is 36.5 Å². The van der Waals surface area contributed by atoms with Gasteiger partial charge in [-0.3, -0.25) is 9.69 Å². The normalized spacial score (nSPS) is 10.5. The van der Waals surface area contributed by atoms with Crippen molar-refractivity contribution in [2.75, 3.05) is 29.9 Å². The van der Waals surface area contributed by atoms with Gasteiger partial charge in [0.25, 0.3) is 0 Å². The van der Waals surface area contributed by atoms with Crippen LogP contribution in [0.25, 0.3) is 0 Å². The quantitative estimate of drug-likeness (QED) is 0.376. The van der Waals surface area contributed by atoms with E-state index in [0.29, 0.717) is 16.4 Å². The maximum Gasteiger partial charge on any atom is 0.326 e. The van der Waals surface area contributed by atoms with Crippen LogP contribution < -0.4 is 10.2 Å². The number of urea groups is 1. The number of unbranched alkanes of at least 4 members (excludes halogenated alkanes) is 4. The Morgan fingerprint density at radius 2 is 1.52 bits per heavy atom. The summed E-state index contributed by atoms with van der Waals surface area (Å²) in [6.07, 6.45) is 6.36. The number of halogens is 1. The molecule has 2 aromatic carbocycles. The molecule has 5 nitrogen and oxygen atoms in total. The predicted octanol–water partition coefficient (Wildman–Crippen LogP) is 6.59. The number of carbonyl (C=O) groups excluding carboxylic acids is 2. The molecule has 0 unspecified atom stereocenters. The van der Waals surface area contributed by atoms with Crippen molar-refractivity contribution in [3.8, 4) is 0 Å². The molecule has 0 atom stereocenters. The van der Waals surface area contributed by atoms with E-state index in [1.807, 2.05) is 35.2 Å². The number of nitrogens with zero attached hydrogens (tertiary/aromatic N) is 2. The number of carbonyl (C=O) groups is 2. The molecule has 168 valence electrons. The van der Waals surface area contributed by atoms with Gasteiger partial charge in [-0.15, -0.1) is 0 Å². The van der Waals surface area contributed by atoms with Gasteiger partial charge in [0.05, 0.1) is 0 Å². The number of rotatable bonds is 12. The first-order chi connectivity index (χ1) is 15.0. The van der Waals surface area contributed by atoms with Crippen molar-refractivity contribution in [2.24, 2.45) is 0 Å². The molecule has 1 N–H and O–H groups in total.